The molecule has 0 amide bonds. The van der Waals surface area contributed by atoms with Gasteiger partial charge in [0.05, 0.1) is 0 Å². The van der Waals surface area contributed by atoms with E-state index >= 15 is 0 Å². The van der Waals surface area contributed by atoms with E-state index < -0.39 is 0 Å². The summed E-state index contributed by atoms with van der Waals surface area (Å²) in [5.41, 5.74) is 6.61. The Morgan fingerprint density at radius 3 is 2.50 bits per heavy atom. The molecule has 0 heterocycles. The summed E-state index contributed by atoms with van der Waals surface area (Å²) in [5.74, 6) is 0.00412. The van der Waals surface area contributed by atoms with Gasteiger partial charge < -0.3 is 5.73 Å². The summed E-state index contributed by atoms with van der Waals surface area (Å²) < 4.78 is 13.5. The van der Waals surface area contributed by atoms with Gasteiger partial charge in [-0.2, -0.15) is 0 Å². The SMILES string of the molecule is CCCC(c1ccccc1F)C(C)N. The summed E-state index contributed by atoms with van der Waals surface area (Å²) in [6.07, 6.45) is 1.97. The van der Waals surface area contributed by atoms with Crippen LogP contribution in [0.3, 0.4) is 0 Å². The molecular formula is C12H18FN. The highest BCUT2D eigenvalue weighted by Gasteiger charge is 2.17. The first-order valence-electron chi connectivity index (χ1n) is 5.16. The van der Waals surface area contributed by atoms with Crippen LogP contribution in [0.2, 0.25) is 0 Å². The van der Waals surface area contributed by atoms with Gasteiger partial charge in [-0.1, -0.05) is 31.5 Å². The molecule has 1 nitrogen and oxygen atoms in total. The minimum atomic E-state index is -0.136. The molecule has 0 aliphatic carbocycles. The van der Waals surface area contributed by atoms with Gasteiger partial charge in [0.2, 0.25) is 0 Å². The van der Waals surface area contributed by atoms with E-state index in [1.807, 2.05) is 19.1 Å². The Kier molecular flexibility index (Phi) is 4.08. The van der Waals surface area contributed by atoms with Crippen molar-refractivity contribution in [1.82, 2.24) is 0 Å². The van der Waals surface area contributed by atoms with Gasteiger partial charge in [0.1, 0.15) is 5.82 Å². The Morgan fingerprint density at radius 2 is 2.00 bits per heavy atom. The third-order valence-corrected chi connectivity index (χ3v) is 2.54. The number of hydrogen-bond acceptors (Lipinski definition) is 1. The zero-order valence-corrected chi connectivity index (χ0v) is 8.83. The van der Waals surface area contributed by atoms with Crippen LogP contribution in [0, 0.1) is 5.82 Å². The fourth-order valence-electron chi connectivity index (χ4n) is 1.79. The maximum absolute atomic E-state index is 13.5. The van der Waals surface area contributed by atoms with Crippen LogP contribution in [0.5, 0.6) is 0 Å². The Bertz CT molecular complexity index is 283. The molecule has 0 radical (unpaired) electrons. The molecule has 0 bridgehead atoms. The minimum absolute atomic E-state index is 0.00634. The molecule has 0 fully saturated rings. The van der Waals surface area contributed by atoms with Gasteiger partial charge in [-0.15, -0.1) is 0 Å². The molecule has 0 spiro atoms. The van der Waals surface area contributed by atoms with Gasteiger partial charge in [-0.25, -0.2) is 4.39 Å². The number of rotatable bonds is 4. The second-order valence-corrected chi connectivity index (χ2v) is 3.78. The first-order valence-corrected chi connectivity index (χ1v) is 5.16. The summed E-state index contributed by atoms with van der Waals surface area (Å²) in [5, 5.41) is 0. The molecule has 2 N–H and O–H groups in total. The van der Waals surface area contributed by atoms with Crippen molar-refractivity contribution in [2.75, 3.05) is 0 Å². The van der Waals surface area contributed by atoms with Crippen LogP contribution in [0.4, 0.5) is 4.39 Å². The van der Waals surface area contributed by atoms with Crippen molar-refractivity contribution < 1.29 is 4.39 Å². The highest BCUT2D eigenvalue weighted by molar-refractivity contribution is 5.23. The van der Waals surface area contributed by atoms with E-state index in [0.717, 1.165) is 18.4 Å². The van der Waals surface area contributed by atoms with E-state index in [2.05, 4.69) is 6.92 Å². The number of hydrogen-bond donors (Lipinski definition) is 1. The van der Waals surface area contributed by atoms with Crippen LogP contribution in [0.1, 0.15) is 38.2 Å². The Balaban J connectivity index is 2.93. The molecule has 0 aliphatic heterocycles. The zero-order valence-electron chi connectivity index (χ0n) is 8.83. The highest BCUT2D eigenvalue weighted by atomic mass is 19.1. The lowest BCUT2D eigenvalue weighted by molar-refractivity contribution is 0.493. The first kappa shape index (κ1) is 11.2. The van der Waals surface area contributed by atoms with Crippen LogP contribution in [-0.4, -0.2) is 6.04 Å². The molecule has 0 aliphatic rings. The van der Waals surface area contributed by atoms with Crippen molar-refractivity contribution in [3.8, 4) is 0 Å². The van der Waals surface area contributed by atoms with E-state index in [9.17, 15) is 4.39 Å². The van der Waals surface area contributed by atoms with E-state index in [0.29, 0.717) is 0 Å². The highest BCUT2D eigenvalue weighted by Crippen LogP contribution is 2.25. The van der Waals surface area contributed by atoms with Crippen LogP contribution >= 0.6 is 0 Å². The van der Waals surface area contributed by atoms with Crippen LogP contribution in [0.15, 0.2) is 24.3 Å². The lowest BCUT2D eigenvalue weighted by Crippen LogP contribution is -2.25. The van der Waals surface area contributed by atoms with Gasteiger partial charge in [-0.3, -0.25) is 0 Å². The van der Waals surface area contributed by atoms with Crippen LogP contribution < -0.4 is 5.73 Å². The van der Waals surface area contributed by atoms with Gasteiger partial charge in [0, 0.05) is 12.0 Å². The summed E-state index contributed by atoms with van der Waals surface area (Å²) >= 11 is 0. The number of halogens is 1. The van der Waals surface area contributed by atoms with Crippen molar-refractivity contribution in [3.63, 3.8) is 0 Å². The molecule has 1 aromatic rings. The predicted octanol–water partition coefficient (Wildman–Crippen LogP) is 3.06. The summed E-state index contributed by atoms with van der Waals surface area (Å²) in [6.45, 7) is 4.03. The second-order valence-electron chi connectivity index (χ2n) is 3.78. The van der Waals surface area contributed by atoms with E-state index in [4.69, 9.17) is 5.73 Å². The average molecular weight is 195 g/mol. The van der Waals surface area contributed by atoms with E-state index in [-0.39, 0.29) is 17.8 Å². The van der Waals surface area contributed by atoms with Crippen molar-refractivity contribution in [3.05, 3.63) is 35.6 Å². The fraction of sp³-hybridized carbons (Fsp3) is 0.500. The van der Waals surface area contributed by atoms with Gasteiger partial charge in [0.15, 0.2) is 0 Å². The quantitative estimate of drug-likeness (QED) is 0.785. The standard InChI is InChI=1S/C12H18FN/c1-3-6-10(9(2)14)11-7-4-5-8-12(11)13/h4-5,7-10H,3,6,14H2,1-2H3. The summed E-state index contributed by atoms with van der Waals surface area (Å²) in [4.78, 5) is 0. The second kappa shape index (κ2) is 5.11. The Labute approximate surface area is 85.1 Å². The smallest absolute Gasteiger partial charge is 0.126 e. The maximum Gasteiger partial charge on any atom is 0.126 e. The fourth-order valence-corrected chi connectivity index (χ4v) is 1.79. The summed E-state index contributed by atoms with van der Waals surface area (Å²) in [7, 11) is 0. The van der Waals surface area contributed by atoms with Crippen molar-refractivity contribution in [1.29, 1.82) is 0 Å². The molecule has 0 saturated carbocycles. The van der Waals surface area contributed by atoms with Gasteiger partial charge in [0.25, 0.3) is 0 Å². The molecule has 14 heavy (non-hydrogen) atoms. The normalized spacial score (nSPS) is 15.1. The molecule has 0 aromatic heterocycles. The molecule has 2 unspecified atom stereocenters. The van der Waals surface area contributed by atoms with Crippen molar-refractivity contribution >= 4 is 0 Å². The van der Waals surface area contributed by atoms with Gasteiger partial charge >= 0.3 is 0 Å². The zero-order chi connectivity index (χ0) is 10.6. The molecule has 0 saturated heterocycles. The minimum Gasteiger partial charge on any atom is -0.327 e. The lowest BCUT2D eigenvalue weighted by Gasteiger charge is -2.20. The first-order chi connectivity index (χ1) is 6.66. The molecular weight excluding hydrogens is 177 g/mol. The predicted molar refractivity (Wildman–Crippen MR) is 57.7 cm³/mol. The van der Waals surface area contributed by atoms with Crippen molar-refractivity contribution in [2.45, 2.75) is 38.6 Å². The number of benzene rings is 1. The Morgan fingerprint density at radius 1 is 1.36 bits per heavy atom. The van der Waals surface area contributed by atoms with E-state index in [1.54, 1.807) is 6.07 Å². The topological polar surface area (TPSA) is 26.0 Å². The molecule has 2 heteroatoms. The third-order valence-electron chi connectivity index (χ3n) is 2.54. The van der Waals surface area contributed by atoms with E-state index in [1.165, 1.54) is 6.07 Å². The number of nitrogens with two attached hydrogens (primary N) is 1. The summed E-state index contributed by atoms with van der Waals surface area (Å²) in [6, 6.07) is 6.91. The molecule has 1 rings (SSSR count). The monoisotopic (exact) mass is 195 g/mol. The third kappa shape index (κ3) is 2.55. The van der Waals surface area contributed by atoms with Crippen molar-refractivity contribution in [2.24, 2.45) is 5.73 Å². The molecule has 2 atom stereocenters. The molecule has 78 valence electrons. The average Bonchev–Trinajstić information content (AvgIpc) is 2.15. The lowest BCUT2D eigenvalue weighted by atomic mass is 9.88. The maximum atomic E-state index is 13.5. The Hall–Kier alpha value is -0.890. The largest absolute Gasteiger partial charge is 0.327 e. The van der Waals surface area contributed by atoms with Crippen LogP contribution in [-0.2, 0) is 0 Å². The van der Waals surface area contributed by atoms with Crippen LogP contribution in [0.25, 0.3) is 0 Å². The molecule has 1 aromatic carbocycles. The van der Waals surface area contributed by atoms with Gasteiger partial charge in [-0.05, 0) is 25.0 Å².